The van der Waals surface area contributed by atoms with E-state index in [1.165, 1.54) is 0 Å². The van der Waals surface area contributed by atoms with Crippen molar-refractivity contribution in [1.82, 2.24) is 5.32 Å². The molecule has 4 nitrogen and oxygen atoms in total. The van der Waals surface area contributed by atoms with Gasteiger partial charge < -0.3 is 5.32 Å². The number of carbonyl (C=O) groups is 2. The topological polar surface area (TPSA) is 70.0 Å². The molecule has 0 saturated heterocycles. The van der Waals surface area contributed by atoms with Crippen LogP contribution in [-0.4, -0.2) is 25.2 Å². The maximum Gasteiger partial charge on any atom is 0.196 e. The number of rotatable bonds is 6. The maximum atomic E-state index is 10.4. The summed E-state index contributed by atoms with van der Waals surface area (Å²) in [7, 11) is 0. The molecule has 0 unspecified atom stereocenters. The molecule has 0 amide bonds. The highest BCUT2D eigenvalue weighted by Gasteiger charge is 1.96. The molecule has 0 heterocycles. The second-order valence-corrected chi connectivity index (χ2v) is 1.99. The first-order valence-corrected chi connectivity index (χ1v) is 3.37. The third-order valence-electron chi connectivity index (χ3n) is 1.09. The summed E-state index contributed by atoms with van der Waals surface area (Å²) in [6.45, 7) is 1.04. The largest absolute Gasteiger partial charge is 0.315 e. The Balaban J connectivity index is 3.09. The summed E-state index contributed by atoms with van der Waals surface area (Å²) in [5, 5.41) is 11.0. The Kier molecular flexibility index (Phi) is 6.14. The zero-order valence-corrected chi connectivity index (χ0v) is 6.17. The van der Waals surface area contributed by atoms with E-state index in [0.717, 1.165) is 0 Å². The monoisotopic (exact) mass is 154 g/mol. The quantitative estimate of drug-likeness (QED) is 0.322. The summed E-state index contributed by atoms with van der Waals surface area (Å²) in [4.78, 5) is 20.2. The molecule has 0 fully saturated rings. The lowest BCUT2D eigenvalue weighted by molar-refractivity contribution is -0.129. The zero-order valence-electron chi connectivity index (χ0n) is 6.17. The Morgan fingerprint density at radius 1 is 1.55 bits per heavy atom. The highest BCUT2D eigenvalue weighted by atomic mass is 16.2. The van der Waals surface area contributed by atoms with Crippen LogP contribution in [0.15, 0.2) is 0 Å². The fourth-order valence-electron chi connectivity index (χ4n) is 0.540. The summed E-state index contributed by atoms with van der Waals surface area (Å²) >= 11 is 0. The predicted octanol–water partition coefficient (Wildman–Crippen LogP) is -0.352. The van der Waals surface area contributed by atoms with E-state index in [-0.39, 0.29) is 6.42 Å². The molecule has 0 rings (SSSR count). The molecule has 0 atom stereocenters. The lowest BCUT2D eigenvalue weighted by atomic mass is 10.3. The number of Topliss-reactive ketones (excluding diaryl/α,β-unsaturated/α-hetero) is 1. The lowest BCUT2D eigenvalue weighted by Crippen LogP contribution is -2.19. The summed E-state index contributed by atoms with van der Waals surface area (Å²) in [6.07, 6.45) is 0.955. The molecule has 0 aliphatic rings. The molecule has 0 saturated carbocycles. The SMILES string of the molecule is N#CCCNCCC(=O)C=O. The minimum atomic E-state index is -0.408. The van der Waals surface area contributed by atoms with Gasteiger partial charge in [-0.15, -0.1) is 0 Å². The minimum Gasteiger partial charge on any atom is -0.315 e. The predicted molar refractivity (Wildman–Crippen MR) is 38.8 cm³/mol. The van der Waals surface area contributed by atoms with Gasteiger partial charge in [-0.05, 0) is 0 Å². The number of nitrogens with one attached hydrogen (secondary N) is 1. The van der Waals surface area contributed by atoms with E-state index >= 15 is 0 Å². The van der Waals surface area contributed by atoms with E-state index in [1.54, 1.807) is 0 Å². The van der Waals surface area contributed by atoms with E-state index in [0.29, 0.717) is 25.8 Å². The van der Waals surface area contributed by atoms with E-state index in [9.17, 15) is 9.59 Å². The van der Waals surface area contributed by atoms with Crippen LogP contribution in [0.1, 0.15) is 12.8 Å². The molecular formula is C7H10N2O2. The Hall–Kier alpha value is -1.21. The van der Waals surface area contributed by atoms with Crippen molar-refractivity contribution in [3.63, 3.8) is 0 Å². The van der Waals surface area contributed by atoms with Crippen LogP contribution in [0.5, 0.6) is 0 Å². The van der Waals surface area contributed by atoms with Crippen molar-refractivity contribution in [1.29, 1.82) is 5.26 Å². The number of hydrogen-bond donors (Lipinski definition) is 1. The zero-order chi connectivity index (χ0) is 8.53. The van der Waals surface area contributed by atoms with Gasteiger partial charge in [-0.1, -0.05) is 0 Å². The molecule has 0 aromatic heterocycles. The number of aldehydes is 1. The molecule has 0 bridgehead atoms. The molecule has 1 N–H and O–H groups in total. The molecule has 0 radical (unpaired) electrons. The first kappa shape index (κ1) is 9.79. The summed E-state index contributed by atoms with van der Waals surface area (Å²) in [6, 6.07) is 1.95. The Morgan fingerprint density at radius 3 is 2.82 bits per heavy atom. The van der Waals surface area contributed by atoms with Gasteiger partial charge in [0.15, 0.2) is 12.1 Å². The number of hydrogen-bond acceptors (Lipinski definition) is 4. The minimum absolute atomic E-state index is 0.217. The third-order valence-corrected chi connectivity index (χ3v) is 1.09. The average Bonchev–Trinajstić information content (AvgIpc) is 2.04. The van der Waals surface area contributed by atoms with Crippen molar-refractivity contribution in [3.05, 3.63) is 0 Å². The molecule has 4 heteroatoms. The Labute approximate surface area is 65.2 Å². The Morgan fingerprint density at radius 2 is 2.27 bits per heavy atom. The van der Waals surface area contributed by atoms with Crippen molar-refractivity contribution in [2.45, 2.75) is 12.8 Å². The normalized spacial score (nSPS) is 8.64. The molecule has 11 heavy (non-hydrogen) atoms. The van der Waals surface area contributed by atoms with Crippen molar-refractivity contribution < 1.29 is 9.59 Å². The number of ketones is 1. The van der Waals surface area contributed by atoms with Crippen molar-refractivity contribution in [3.8, 4) is 6.07 Å². The van der Waals surface area contributed by atoms with Crippen LogP contribution in [0.4, 0.5) is 0 Å². The van der Waals surface area contributed by atoms with E-state index in [4.69, 9.17) is 5.26 Å². The summed E-state index contributed by atoms with van der Waals surface area (Å²) in [5.41, 5.74) is 0. The van der Waals surface area contributed by atoms with Gasteiger partial charge in [0.05, 0.1) is 6.07 Å². The van der Waals surface area contributed by atoms with Crippen molar-refractivity contribution in [2.75, 3.05) is 13.1 Å². The second-order valence-electron chi connectivity index (χ2n) is 1.99. The van der Waals surface area contributed by atoms with E-state index < -0.39 is 5.78 Å². The number of nitriles is 1. The first-order valence-electron chi connectivity index (χ1n) is 3.37. The van der Waals surface area contributed by atoms with Gasteiger partial charge in [-0.2, -0.15) is 5.26 Å². The highest BCUT2D eigenvalue weighted by Crippen LogP contribution is 1.77. The molecule has 60 valence electrons. The van der Waals surface area contributed by atoms with Gasteiger partial charge in [0.1, 0.15) is 0 Å². The smallest absolute Gasteiger partial charge is 0.196 e. The molecule has 0 aliphatic carbocycles. The molecule has 0 spiro atoms. The first-order chi connectivity index (χ1) is 5.31. The van der Waals surface area contributed by atoms with Crippen LogP contribution in [0, 0.1) is 11.3 Å². The van der Waals surface area contributed by atoms with Crippen LogP contribution in [0.2, 0.25) is 0 Å². The molecule has 0 aliphatic heterocycles. The van der Waals surface area contributed by atoms with Gasteiger partial charge in [0.25, 0.3) is 0 Å². The third kappa shape index (κ3) is 6.68. The number of nitrogens with zero attached hydrogens (tertiary/aromatic N) is 1. The van der Waals surface area contributed by atoms with Gasteiger partial charge in [-0.3, -0.25) is 9.59 Å². The van der Waals surface area contributed by atoms with Gasteiger partial charge in [0.2, 0.25) is 0 Å². The van der Waals surface area contributed by atoms with Crippen molar-refractivity contribution >= 4 is 12.1 Å². The van der Waals surface area contributed by atoms with Crippen LogP contribution in [0.3, 0.4) is 0 Å². The van der Waals surface area contributed by atoms with Crippen LogP contribution >= 0.6 is 0 Å². The van der Waals surface area contributed by atoms with Gasteiger partial charge in [0, 0.05) is 25.9 Å². The van der Waals surface area contributed by atoms with Crippen LogP contribution in [0.25, 0.3) is 0 Å². The molecule has 0 aromatic rings. The fourth-order valence-corrected chi connectivity index (χ4v) is 0.540. The second kappa shape index (κ2) is 6.90. The van der Waals surface area contributed by atoms with E-state index in [2.05, 4.69) is 5.32 Å². The summed E-state index contributed by atoms with van der Waals surface area (Å²) in [5.74, 6) is -0.408. The number of carbonyl (C=O) groups excluding carboxylic acids is 2. The van der Waals surface area contributed by atoms with Crippen LogP contribution in [-0.2, 0) is 9.59 Å². The maximum absolute atomic E-state index is 10.4. The summed E-state index contributed by atoms with van der Waals surface area (Å²) < 4.78 is 0. The molecular weight excluding hydrogens is 144 g/mol. The average molecular weight is 154 g/mol. The van der Waals surface area contributed by atoms with Gasteiger partial charge in [-0.25, -0.2) is 0 Å². The van der Waals surface area contributed by atoms with Gasteiger partial charge >= 0.3 is 0 Å². The van der Waals surface area contributed by atoms with Crippen molar-refractivity contribution in [2.24, 2.45) is 0 Å². The standard InChI is InChI=1S/C7H10N2O2/c8-3-1-4-9-5-2-7(11)6-10/h6,9H,1-2,4-5H2. The lowest BCUT2D eigenvalue weighted by Gasteiger charge is -1.96. The fraction of sp³-hybridized carbons (Fsp3) is 0.571. The van der Waals surface area contributed by atoms with Crippen LogP contribution < -0.4 is 5.32 Å². The highest BCUT2D eigenvalue weighted by molar-refractivity contribution is 6.24. The Bertz CT molecular complexity index is 172. The molecule has 0 aromatic carbocycles. The van der Waals surface area contributed by atoms with E-state index in [1.807, 2.05) is 6.07 Å².